The number of ether oxygens (including phenoxy) is 2. The minimum absolute atomic E-state index is 0.122. The Bertz CT molecular complexity index is 763. The van der Waals surface area contributed by atoms with Crippen LogP contribution < -0.4 is 5.32 Å². The van der Waals surface area contributed by atoms with E-state index in [4.69, 9.17) is 9.47 Å². The van der Waals surface area contributed by atoms with E-state index in [0.717, 1.165) is 23.2 Å². The lowest BCUT2D eigenvalue weighted by molar-refractivity contribution is -0.151. The van der Waals surface area contributed by atoms with Crippen molar-refractivity contribution in [1.82, 2.24) is 0 Å². The number of rotatable bonds is 3. The van der Waals surface area contributed by atoms with Crippen LogP contribution in [0.4, 0.5) is 10.1 Å². The Balaban J connectivity index is 1.75. The lowest BCUT2D eigenvalue weighted by atomic mass is 9.85. The summed E-state index contributed by atoms with van der Waals surface area (Å²) in [4.78, 5) is 0. The molecule has 0 spiro atoms. The Hall–Kier alpha value is -1.91. The van der Waals surface area contributed by atoms with Crippen molar-refractivity contribution < 1.29 is 13.9 Å². The van der Waals surface area contributed by atoms with Crippen LogP contribution in [0.2, 0.25) is 0 Å². The van der Waals surface area contributed by atoms with Gasteiger partial charge in [-0.05, 0) is 41.7 Å². The minimum atomic E-state index is -0.231. The molecule has 2 aromatic carbocycles. The van der Waals surface area contributed by atoms with Gasteiger partial charge in [0.1, 0.15) is 18.0 Å². The lowest BCUT2D eigenvalue weighted by Crippen LogP contribution is -2.43. The highest BCUT2D eigenvalue weighted by molar-refractivity contribution is 5.59. The number of fused-ring (bicyclic) bond motifs is 3. The van der Waals surface area contributed by atoms with Crippen LogP contribution in [0.5, 0.6) is 0 Å². The van der Waals surface area contributed by atoms with Gasteiger partial charge in [-0.2, -0.15) is 0 Å². The van der Waals surface area contributed by atoms with Crippen LogP contribution in [-0.2, 0) is 9.47 Å². The smallest absolute Gasteiger partial charge is 0.123 e. The number of hydrogen-bond donors (Lipinski definition) is 1. The molecule has 1 saturated heterocycles. The molecule has 0 bridgehead atoms. The van der Waals surface area contributed by atoms with Crippen LogP contribution in [0.15, 0.2) is 42.5 Å². The van der Waals surface area contributed by atoms with E-state index in [1.54, 1.807) is 12.1 Å². The summed E-state index contributed by atoms with van der Waals surface area (Å²) in [7, 11) is 0. The molecule has 2 aliphatic heterocycles. The van der Waals surface area contributed by atoms with E-state index in [1.165, 1.54) is 11.6 Å². The largest absolute Gasteiger partial charge is 0.375 e. The van der Waals surface area contributed by atoms with Crippen LogP contribution >= 0.6 is 0 Å². The number of benzene rings is 2. The van der Waals surface area contributed by atoms with Crippen molar-refractivity contribution in [1.29, 1.82) is 0 Å². The van der Waals surface area contributed by atoms with Gasteiger partial charge in [0.05, 0.1) is 19.3 Å². The predicted molar refractivity (Wildman–Crippen MR) is 96.3 cm³/mol. The topological polar surface area (TPSA) is 30.5 Å². The third kappa shape index (κ3) is 3.05. The zero-order valence-electron chi connectivity index (χ0n) is 14.7. The zero-order valence-corrected chi connectivity index (χ0v) is 14.7. The first-order chi connectivity index (χ1) is 12.2. The number of hydrogen-bond acceptors (Lipinski definition) is 3. The Kier molecular flexibility index (Phi) is 4.48. The Morgan fingerprint density at radius 3 is 2.80 bits per heavy atom. The molecule has 0 amide bonds. The van der Waals surface area contributed by atoms with Crippen molar-refractivity contribution in [2.75, 3.05) is 18.5 Å². The summed E-state index contributed by atoms with van der Waals surface area (Å²) in [5.41, 5.74) is 4.40. The molecule has 3 nitrogen and oxygen atoms in total. The summed E-state index contributed by atoms with van der Waals surface area (Å²) in [5.74, 6) is 0.277. The highest BCUT2D eigenvalue weighted by Crippen LogP contribution is 2.45. The molecule has 1 N–H and O–H groups in total. The highest BCUT2D eigenvalue weighted by atomic mass is 19.1. The van der Waals surface area contributed by atoms with Gasteiger partial charge in [-0.1, -0.05) is 38.1 Å². The summed E-state index contributed by atoms with van der Waals surface area (Å²) in [6.45, 7) is 5.59. The molecule has 4 unspecified atom stereocenters. The first kappa shape index (κ1) is 16.6. The second kappa shape index (κ2) is 6.77. The van der Waals surface area contributed by atoms with Gasteiger partial charge in [0.25, 0.3) is 0 Å². The van der Waals surface area contributed by atoms with E-state index in [-0.39, 0.29) is 24.1 Å². The van der Waals surface area contributed by atoms with Crippen molar-refractivity contribution in [2.45, 2.75) is 44.4 Å². The minimum Gasteiger partial charge on any atom is -0.375 e. The highest BCUT2D eigenvalue weighted by Gasteiger charge is 2.41. The van der Waals surface area contributed by atoms with Gasteiger partial charge < -0.3 is 14.8 Å². The van der Waals surface area contributed by atoms with E-state index in [2.05, 4.69) is 37.4 Å². The molecule has 4 atom stereocenters. The van der Waals surface area contributed by atoms with Crippen LogP contribution in [0.3, 0.4) is 0 Å². The van der Waals surface area contributed by atoms with Crippen LogP contribution in [0.25, 0.3) is 0 Å². The summed E-state index contributed by atoms with van der Waals surface area (Å²) >= 11 is 0. The van der Waals surface area contributed by atoms with Gasteiger partial charge in [0.2, 0.25) is 0 Å². The Morgan fingerprint density at radius 1 is 1.16 bits per heavy atom. The standard InChI is InChI=1S/C21H24FNO2/c1-3-13(2)14-7-8-18-17(12-14)20-21(25-10-9-24-20)19(23-18)15-5-4-6-16(22)11-15/h4-8,11-13,19-21,23H,3,9-10H2,1-2H3. The van der Waals surface area contributed by atoms with Crippen LogP contribution in [0, 0.1) is 5.82 Å². The van der Waals surface area contributed by atoms with Crippen LogP contribution in [0.1, 0.15) is 55.0 Å². The normalized spacial score (nSPS) is 26.3. The van der Waals surface area contributed by atoms with Crippen molar-refractivity contribution in [3.05, 3.63) is 65.0 Å². The van der Waals surface area contributed by atoms with Crippen molar-refractivity contribution in [3.63, 3.8) is 0 Å². The van der Waals surface area contributed by atoms with Crippen molar-refractivity contribution in [3.8, 4) is 0 Å². The lowest BCUT2D eigenvalue weighted by Gasteiger charge is -2.43. The maximum atomic E-state index is 13.7. The molecule has 1 fully saturated rings. The first-order valence-corrected chi connectivity index (χ1v) is 9.06. The maximum Gasteiger partial charge on any atom is 0.123 e. The molecule has 0 aromatic heterocycles. The predicted octanol–water partition coefficient (Wildman–Crippen LogP) is 4.96. The van der Waals surface area contributed by atoms with Gasteiger partial charge >= 0.3 is 0 Å². The number of anilines is 1. The average molecular weight is 341 g/mol. The average Bonchev–Trinajstić information content (AvgIpc) is 2.66. The monoisotopic (exact) mass is 341 g/mol. The number of halogens is 1. The number of nitrogens with one attached hydrogen (secondary N) is 1. The Morgan fingerprint density at radius 2 is 2.00 bits per heavy atom. The molecule has 132 valence electrons. The van der Waals surface area contributed by atoms with E-state index in [1.807, 2.05) is 6.07 Å². The van der Waals surface area contributed by atoms with E-state index >= 15 is 0 Å². The molecule has 4 rings (SSSR count). The fourth-order valence-corrected chi connectivity index (χ4v) is 3.79. The zero-order chi connectivity index (χ0) is 17.4. The summed E-state index contributed by atoms with van der Waals surface area (Å²) in [6, 6.07) is 13.1. The second-order valence-electron chi connectivity index (χ2n) is 6.96. The summed E-state index contributed by atoms with van der Waals surface area (Å²) in [5, 5.41) is 3.55. The first-order valence-electron chi connectivity index (χ1n) is 9.06. The molecular formula is C21H24FNO2. The van der Waals surface area contributed by atoms with E-state index in [0.29, 0.717) is 19.1 Å². The van der Waals surface area contributed by atoms with Gasteiger partial charge in [0, 0.05) is 11.3 Å². The molecule has 0 aliphatic carbocycles. The SMILES string of the molecule is CCC(C)c1ccc2c(c1)C1OCCOC1C(c1cccc(F)c1)N2. The molecule has 0 saturated carbocycles. The van der Waals surface area contributed by atoms with Gasteiger partial charge in [-0.15, -0.1) is 0 Å². The van der Waals surface area contributed by atoms with Crippen molar-refractivity contribution in [2.24, 2.45) is 0 Å². The van der Waals surface area contributed by atoms with Crippen molar-refractivity contribution >= 4 is 5.69 Å². The maximum absolute atomic E-state index is 13.7. The van der Waals surface area contributed by atoms with Gasteiger partial charge in [0.15, 0.2) is 0 Å². The molecule has 2 aliphatic rings. The van der Waals surface area contributed by atoms with E-state index < -0.39 is 0 Å². The van der Waals surface area contributed by atoms with E-state index in [9.17, 15) is 4.39 Å². The quantitative estimate of drug-likeness (QED) is 0.856. The molecule has 2 aromatic rings. The molecule has 4 heteroatoms. The Labute approximate surface area is 148 Å². The summed E-state index contributed by atoms with van der Waals surface area (Å²) < 4.78 is 25.9. The second-order valence-corrected chi connectivity index (χ2v) is 6.96. The van der Waals surface area contributed by atoms with Crippen LogP contribution in [-0.4, -0.2) is 19.3 Å². The molecule has 25 heavy (non-hydrogen) atoms. The van der Waals surface area contributed by atoms with Gasteiger partial charge in [-0.3, -0.25) is 0 Å². The third-order valence-electron chi connectivity index (χ3n) is 5.40. The molecular weight excluding hydrogens is 317 g/mol. The molecule has 2 heterocycles. The molecule has 0 radical (unpaired) electrons. The fourth-order valence-electron chi connectivity index (χ4n) is 3.79. The fraction of sp³-hybridized carbons (Fsp3) is 0.429. The van der Waals surface area contributed by atoms with Gasteiger partial charge in [-0.25, -0.2) is 4.39 Å². The summed E-state index contributed by atoms with van der Waals surface area (Å²) in [6.07, 6.45) is 0.821. The third-order valence-corrected chi connectivity index (χ3v) is 5.40.